The molecule has 2 N–H and O–H groups in total. The molecule has 0 saturated heterocycles. The monoisotopic (exact) mass is 279 g/mol. The second kappa shape index (κ2) is 5.52. The Hall–Kier alpha value is -1.69. The lowest BCUT2D eigenvalue weighted by Gasteiger charge is -2.17. The van der Waals surface area contributed by atoms with E-state index in [0.717, 1.165) is 15.8 Å². The summed E-state index contributed by atoms with van der Waals surface area (Å²) in [5.74, 6) is 0.0552. The lowest BCUT2D eigenvalue weighted by atomic mass is 10.0. The summed E-state index contributed by atoms with van der Waals surface area (Å²) in [6.07, 6.45) is 2.03. The normalized spacial score (nSPS) is 12.8. The summed E-state index contributed by atoms with van der Waals surface area (Å²) in [6, 6.07) is -0.627. The first-order chi connectivity index (χ1) is 8.99. The van der Waals surface area contributed by atoms with Crippen molar-refractivity contribution in [2.75, 3.05) is 5.32 Å². The topological polar surface area (TPSA) is 75.1 Å². The van der Waals surface area contributed by atoms with Gasteiger partial charge in [-0.05, 0) is 30.2 Å². The predicted octanol–water partition coefficient (Wildman–Crippen LogP) is 2.91. The van der Waals surface area contributed by atoms with Crippen LogP contribution in [0, 0.1) is 12.8 Å². The number of aliphatic carboxylic acids is 1. The molecule has 0 aromatic carbocycles. The molecular weight excluding hydrogens is 262 g/mol. The van der Waals surface area contributed by atoms with Crippen LogP contribution in [0.2, 0.25) is 0 Å². The van der Waals surface area contributed by atoms with Gasteiger partial charge in [0.15, 0.2) is 0 Å². The van der Waals surface area contributed by atoms with E-state index >= 15 is 0 Å². The van der Waals surface area contributed by atoms with Gasteiger partial charge in [0, 0.05) is 0 Å². The maximum Gasteiger partial charge on any atom is 0.326 e. The Morgan fingerprint density at radius 3 is 2.84 bits per heavy atom. The molecular formula is C13H17N3O2S. The van der Waals surface area contributed by atoms with Crippen LogP contribution in [0.3, 0.4) is 0 Å². The SMILES string of the molecule is Cc1csc2ncnc(NC(CC(C)C)C(=O)O)c12. The Labute approximate surface area is 115 Å². The van der Waals surface area contributed by atoms with Gasteiger partial charge < -0.3 is 10.4 Å². The molecule has 1 atom stereocenters. The zero-order valence-corrected chi connectivity index (χ0v) is 12.0. The van der Waals surface area contributed by atoms with E-state index < -0.39 is 12.0 Å². The minimum absolute atomic E-state index is 0.300. The minimum atomic E-state index is -0.853. The van der Waals surface area contributed by atoms with E-state index in [-0.39, 0.29) is 0 Å². The van der Waals surface area contributed by atoms with Gasteiger partial charge in [-0.2, -0.15) is 0 Å². The van der Waals surface area contributed by atoms with Gasteiger partial charge in [-0.25, -0.2) is 14.8 Å². The highest BCUT2D eigenvalue weighted by atomic mass is 32.1. The zero-order chi connectivity index (χ0) is 14.0. The number of anilines is 1. The number of hydrogen-bond acceptors (Lipinski definition) is 5. The highest BCUT2D eigenvalue weighted by Crippen LogP contribution is 2.29. The Balaban J connectivity index is 2.33. The van der Waals surface area contributed by atoms with Gasteiger partial charge >= 0.3 is 5.97 Å². The maximum absolute atomic E-state index is 11.3. The molecule has 2 aromatic rings. The smallest absolute Gasteiger partial charge is 0.326 e. The zero-order valence-electron chi connectivity index (χ0n) is 11.2. The number of thiophene rings is 1. The molecule has 0 bridgehead atoms. The van der Waals surface area contributed by atoms with Crippen LogP contribution in [0.5, 0.6) is 0 Å². The molecule has 0 spiro atoms. The molecule has 0 aliphatic rings. The molecule has 0 aliphatic heterocycles. The molecule has 0 fully saturated rings. The third kappa shape index (κ3) is 3.01. The third-order valence-corrected chi connectivity index (χ3v) is 3.87. The molecule has 0 amide bonds. The largest absolute Gasteiger partial charge is 0.480 e. The first kappa shape index (κ1) is 13.7. The molecule has 2 rings (SSSR count). The van der Waals surface area contributed by atoms with E-state index in [9.17, 15) is 9.90 Å². The van der Waals surface area contributed by atoms with Crippen molar-refractivity contribution in [3.8, 4) is 0 Å². The Morgan fingerprint density at radius 1 is 1.47 bits per heavy atom. The first-order valence-electron chi connectivity index (χ1n) is 6.17. The number of fused-ring (bicyclic) bond motifs is 1. The summed E-state index contributed by atoms with van der Waals surface area (Å²) in [4.78, 5) is 20.6. The molecule has 6 heteroatoms. The average Bonchev–Trinajstić information content (AvgIpc) is 2.71. The van der Waals surface area contributed by atoms with Crippen molar-refractivity contribution in [1.29, 1.82) is 0 Å². The van der Waals surface area contributed by atoms with Gasteiger partial charge in [-0.3, -0.25) is 0 Å². The van der Waals surface area contributed by atoms with E-state index in [1.807, 2.05) is 26.2 Å². The Bertz CT molecular complexity index is 595. The van der Waals surface area contributed by atoms with Crippen LogP contribution in [0.15, 0.2) is 11.7 Å². The van der Waals surface area contributed by atoms with Crippen LogP contribution in [0.1, 0.15) is 25.8 Å². The molecule has 19 heavy (non-hydrogen) atoms. The fraction of sp³-hybridized carbons (Fsp3) is 0.462. The number of carboxylic acids is 1. The molecule has 2 heterocycles. The number of carbonyl (C=O) groups is 1. The van der Waals surface area contributed by atoms with Crippen LogP contribution in [-0.2, 0) is 4.79 Å². The van der Waals surface area contributed by atoms with Crippen molar-refractivity contribution in [3.05, 3.63) is 17.3 Å². The van der Waals surface area contributed by atoms with Gasteiger partial charge in [0.1, 0.15) is 23.0 Å². The van der Waals surface area contributed by atoms with Crippen molar-refractivity contribution < 1.29 is 9.90 Å². The highest BCUT2D eigenvalue weighted by Gasteiger charge is 2.20. The standard InChI is InChI=1S/C13H17N3O2S/c1-7(2)4-9(13(17)18)16-11-10-8(3)5-19-12(10)15-6-14-11/h5-7,9H,4H2,1-3H3,(H,17,18)(H,14,15,16). The fourth-order valence-corrected chi connectivity index (χ4v) is 2.87. The summed E-state index contributed by atoms with van der Waals surface area (Å²) in [5.41, 5.74) is 1.07. The predicted molar refractivity (Wildman–Crippen MR) is 76.7 cm³/mol. The number of nitrogens with zero attached hydrogens (tertiary/aromatic N) is 2. The van der Waals surface area contributed by atoms with E-state index in [1.54, 1.807) is 0 Å². The van der Waals surface area contributed by atoms with Crippen molar-refractivity contribution in [3.63, 3.8) is 0 Å². The molecule has 0 saturated carbocycles. The van der Waals surface area contributed by atoms with Crippen LogP contribution in [-0.4, -0.2) is 27.1 Å². The van der Waals surface area contributed by atoms with Crippen LogP contribution in [0.25, 0.3) is 10.2 Å². The second-order valence-electron chi connectivity index (χ2n) is 4.99. The van der Waals surface area contributed by atoms with Crippen molar-refractivity contribution in [2.24, 2.45) is 5.92 Å². The number of hydrogen-bond donors (Lipinski definition) is 2. The first-order valence-corrected chi connectivity index (χ1v) is 7.05. The number of aryl methyl sites for hydroxylation is 1. The number of rotatable bonds is 5. The highest BCUT2D eigenvalue weighted by molar-refractivity contribution is 7.17. The van der Waals surface area contributed by atoms with E-state index in [4.69, 9.17) is 0 Å². The lowest BCUT2D eigenvalue weighted by molar-refractivity contribution is -0.138. The van der Waals surface area contributed by atoms with Gasteiger partial charge in [0.25, 0.3) is 0 Å². The third-order valence-electron chi connectivity index (χ3n) is 2.87. The van der Waals surface area contributed by atoms with E-state index in [0.29, 0.717) is 18.2 Å². The van der Waals surface area contributed by atoms with Crippen LogP contribution >= 0.6 is 11.3 Å². The van der Waals surface area contributed by atoms with Gasteiger partial charge in [-0.1, -0.05) is 13.8 Å². The Kier molecular flexibility index (Phi) is 3.99. The Morgan fingerprint density at radius 2 is 2.21 bits per heavy atom. The van der Waals surface area contributed by atoms with Gasteiger partial charge in [0.2, 0.25) is 0 Å². The van der Waals surface area contributed by atoms with Crippen molar-refractivity contribution in [1.82, 2.24) is 9.97 Å². The average molecular weight is 279 g/mol. The van der Waals surface area contributed by atoms with Crippen LogP contribution < -0.4 is 5.32 Å². The van der Waals surface area contributed by atoms with Gasteiger partial charge in [-0.15, -0.1) is 11.3 Å². The summed E-state index contributed by atoms with van der Waals surface area (Å²) in [6.45, 7) is 5.98. The molecule has 0 aliphatic carbocycles. The second-order valence-corrected chi connectivity index (χ2v) is 5.84. The summed E-state index contributed by atoms with van der Waals surface area (Å²) in [7, 11) is 0. The minimum Gasteiger partial charge on any atom is -0.480 e. The number of carboxylic acid groups (broad SMARTS) is 1. The molecule has 1 unspecified atom stereocenters. The summed E-state index contributed by atoms with van der Waals surface area (Å²) in [5, 5.41) is 15.2. The quantitative estimate of drug-likeness (QED) is 0.880. The van der Waals surface area contributed by atoms with Gasteiger partial charge in [0.05, 0.1) is 5.39 Å². The number of aromatic nitrogens is 2. The van der Waals surface area contributed by atoms with Crippen LogP contribution in [0.4, 0.5) is 5.82 Å². The molecule has 102 valence electrons. The number of nitrogens with one attached hydrogen (secondary N) is 1. The maximum atomic E-state index is 11.3. The van der Waals surface area contributed by atoms with E-state index in [2.05, 4.69) is 15.3 Å². The van der Waals surface area contributed by atoms with Crippen molar-refractivity contribution >= 4 is 33.3 Å². The summed E-state index contributed by atoms with van der Waals surface area (Å²) < 4.78 is 0. The molecule has 0 radical (unpaired) electrons. The summed E-state index contributed by atoms with van der Waals surface area (Å²) >= 11 is 1.54. The molecule has 5 nitrogen and oxygen atoms in total. The van der Waals surface area contributed by atoms with Crippen molar-refractivity contribution in [2.45, 2.75) is 33.2 Å². The lowest BCUT2D eigenvalue weighted by Crippen LogP contribution is -2.31. The van der Waals surface area contributed by atoms with E-state index in [1.165, 1.54) is 17.7 Å². The molecule has 2 aromatic heterocycles. The fourth-order valence-electron chi connectivity index (χ4n) is 1.98.